The van der Waals surface area contributed by atoms with Gasteiger partial charge in [0.1, 0.15) is 0 Å². The molecule has 0 saturated heterocycles. The zero-order chi connectivity index (χ0) is 12.0. The molecular formula is C14H24OS. The Labute approximate surface area is 104 Å². The van der Waals surface area contributed by atoms with Gasteiger partial charge in [0.25, 0.3) is 0 Å². The van der Waals surface area contributed by atoms with Gasteiger partial charge >= 0.3 is 0 Å². The van der Waals surface area contributed by atoms with Crippen LogP contribution in [0.3, 0.4) is 0 Å². The van der Waals surface area contributed by atoms with E-state index in [4.69, 9.17) is 4.74 Å². The van der Waals surface area contributed by atoms with Gasteiger partial charge in [-0.05, 0) is 41.7 Å². The van der Waals surface area contributed by atoms with Crippen molar-refractivity contribution in [3.05, 3.63) is 21.9 Å². The zero-order valence-corrected chi connectivity index (χ0v) is 11.8. The predicted molar refractivity (Wildman–Crippen MR) is 72.0 cm³/mol. The van der Waals surface area contributed by atoms with Gasteiger partial charge in [-0.15, -0.1) is 11.3 Å². The van der Waals surface area contributed by atoms with Crippen molar-refractivity contribution in [1.82, 2.24) is 0 Å². The summed E-state index contributed by atoms with van der Waals surface area (Å²) in [5, 5.41) is 2.23. The molecule has 0 aliphatic heterocycles. The van der Waals surface area contributed by atoms with Crippen LogP contribution >= 0.6 is 11.3 Å². The number of hydrogen-bond acceptors (Lipinski definition) is 2. The third-order valence-corrected chi connectivity index (χ3v) is 3.43. The number of ether oxygens (including phenoxy) is 1. The molecule has 2 heteroatoms. The van der Waals surface area contributed by atoms with Gasteiger partial charge < -0.3 is 4.74 Å². The van der Waals surface area contributed by atoms with Crippen LogP contribution in [0.25, 0.3) is 0 Å². The van der Waals surface area contributed by atoms with Gasteiger partial charge in [-0.25, -0.2) is 0 Å². The Hall–Kier alpha value is -0.340. The van der Waals surface area contributed by atoms with Crippen molar-refractivity contribution in [3.8, 4) is 0 Å². The molecule has 0 amide bonds. The molecule has 92 valence electrons. The van der Waals surface area contributed by atoms with Gasteiger partial charge in [0.05, 0.1) is 6.61 Å². The van der Waals surface area contributed by atoms with Crippen LogP contribution in [-0.2, 0) is 17.8 Å². The minimum absolute atomic E-state index is 0.735. The lowest BCUT2D eigenvalue weighted by atomic mass is 10.1. The van der Waals surface area contributed by atoms with Crippen LogP contribution in [0.2, 0.25) is 0 Å². The van der Waals surface area contributed by atoms with Gasteiger partial charge in [0.2, 0.25) is 0 Å². The molecule has 0 saturated carbocycles. The third kappa shape index (κ3) is 5.66. The molecule has 1 aromatic heterocycles. The third-order valence-electron chi connectivity index (χ3n) is 2.43. The maximum atomic E-state index is 5.66. The first-order valence-electron chi connectivity index (χ1n) is 6.22. The van der Waals surface area contributed by atoms with Crippen molar-refractivity contribution in [2.24, 2.45) is 11.8 Å². The smallest absolute Gasteiger partial charge is 0.0725 e. The van der Waals surface area contributed by atoms with Crippen molar-refractivity contribution in [2.75, 3.05) is 6.61 Å². The number of thiophene rings is 1. The summed E-state index contributed by atoms with van der Waals surface area (Å²) in [5.74, 6) is 1.48. The fraction of sp³-hybridized carbons (Fsp3) is 0.714. The fourth-order valence-corrected chi connectivity index (χ4v) is 2.61. The molecule has 0 spiro atoms. The molecule has 1 aromatic rings. The summed E-state index contributed by atoms with van der Waals surface area (Å²) in [6.07, 6.45) is 2.35. The van der Waals surface area contributed by atoms with E-state index < -0.39 is 0 Å². The van der Waals surface area contributed by atoms with E-state index in [-0.39, 0.29) is 0 Å². The van der Waals surface area contributed by atoms with Crippen LogP contribution in [0.5, 0.6) is 0 Å². The van der Waals surface area contributed by atoms with E-state index in [1.54, 1.807) is 0 Å². The molecule has 1 rings (SSSR count). The van der Waals surface area contributed by atoms with Crippen molar-refractivity contribution in [3.63, 3.8) is 0 Å². The standard InChI is InChI=1S/C14H24OS/c1-11(2)5-6-15-9-13-8-14(16-10-13)7-12(3)4/h8,10-12H,5-7,9H2,1-4H3. The maximum Gasteiger partial charge on any atom is 0.0725 e. The lowest BCUT2D eigenvalue weighted by Crippen LogP contribution is -1.98. The van der Waals surface area contributed by atoms with E-state index in [1.165, 1.54) is 16.9 Å². The molecule has 0 aliphatic carbocycles. The fourth-order valence-electron chi connectivity index (χ4n) is 1.52. The van der Waals surface area contributed by atoms with Gasteiger partial charge in [-0.3, -0.25) is 0 Å². The Morgan fingerprint density at radius 2 is 1.94 bits per heavy atom. The van der Waals surface area contributed by atoms with Crippen LogP contribution in [0.1, 0.15) is 44.6 Å². The average Bonchev–Trinajstić information content (AvgIpc) is 2.59. The molecule has 0 N–H and O–H groups in total. The first-order chi connectivity index (χ1) is 7.58. The highest BCUT2D eigenvalue weighted by atomic mass is 32.1. The Kier molecular flexibility index (Phi) is 6.07. The molecule has 0 unspecified atom stereocenters. The number of rotatable bonds is 7. The summed E-state index contributed by atoms with van der Waals surface area (Å²) in [7, 11) is 0. The summed E-state index contributed by atoms with van der Waals surface area (Å²) in [4.78, 5) is 1.48. The van der Waals surface area contributed by atoms with Crippen LogP contribution in [0, 0.1) is 11.8 Å². The highest BCUT2D eigenvalue weighted by molar-refractivity contribution is 7.10. The lowest BCUT2D eigenvalue weighted by Gasteiger charge is -2.05. The van der Waals surface area contributed by atoms with Crippen molar-refractivity contribution >= 4 is 11.3 Å². The second-order valence-electron chi connectivity index (χ2n) is 5.25. The zero-order valence-electron chi connectivity index (χ0n) is 11.0. The summed E-state index contributed by atoms with van der Waals surface area (Å²) in [5.41, 5.74) is 1.34. The summed E-state index contributed by atoms with van der Waals surface area (Å²) in [6, 6.07) is 2.29. The van der Waals surface area contributed by atoms with Crippen LogP contribution in [-0.4, -0.2) is 6.61 Å². The van der Waals surface area contributed by atoms with Gasteiger partial charge in [-0.2, -0.15) is 0 Å². The maximum absolute atomic E-state index is 5.66. The van der Waals surface area contributed by atoms with Gasteiger partial charge in [0, 0.05) is 11.5 Å². The molecule has 0 radical (unpaired) electrons. The minimum atomic E-state index is 0.735. The summed E-state index contributed by atoms with van der Waals surface area (Å²) in [6.45, 7) is 10.6. The van der Waals surface area contributed by atoms with Crippen LogP contribution in [0.4, 0.5) is 0 Å². The Bertz CT molecular complexity index is 289. The minimum Gasteiger partial charge on any atom is -0.377 e. The molecular weight excluding hydrogens is 216 g/mol. The molecule has 1 nitrogen and oxygen atoms in total. The van der Waals surface area contributed by atoms with Crippen molar-refractivity contribution < 1.29 is 4.74 Å². The molecule has 1 heterocycles. The largest absolute Gasteiger partial charge is 0.377 e. The van der Waals surface area contributed by atoms with E-state index >= 15 is 0 Å². The lowest BCUT2D eigenvalue weighted by molar-refractivity contribution is 0.111. The van der Waals surface area contributed by atoms with E-state index in [2.05, 4.69) is 39.1 Å². The Morgan fingerprint density at radius 1 is 1.19 bits per heavy atom. The molecule has 16 heavy (non-hydrogen) atoms. The van der Waals surface area contributed by atoms with E-state index in [0.29, 0.717) is 0 Å². The van der Waals surface area contributed by atoms with Crippen LogP contribution in [0.15, 0.2) is 11.4 Å². The van der Waals surface area contributed by atoms with Gasteiger partial charge in [-0.1, -0.05) is 27.7 Å². The van der Waals surface area contributed by atoms with E-state index in [9.17, 15) is 0 Å². The quantitative estimate of drug-likeness (QED) is 0.637. The SMILES string of the molecule is CC(C)CCOCc1csc(CC(C)C)c1. The monoisotopic (exact) mass is 240 g/mol. The topological polar surface area (TPSA) is 9.23 Å². The predicted octanol–water partition coefficient (Wildman–Crippen LogP) is 4.51. The first-order valence-corrected chi connectivity index (χ1v) is 7.10. The van der Waals surface area contributed by atoms with E-state index in [0.717, 1.165) is 31.5 Å². The van der Waals surface area contributed by atoms with E-state index in [1.807, 2.05) is 11.3 Å². The van der Waals surface area contributed by atoms with Gasteiger partial charge in [0.15, 0.2) is 0 Å². The Balaban J connectivity index is 2.24. The summed E-state index contributed by atoms with van der Waals surface area (Å²) >= 11 is 1.86. The second-order valence-corrected chi connectivity index (χ2v) is 6.25. The molecule has 0 atom stereocenters. The molecule has 0 aliphatic rings. The highest BCUT2D eigenvalue weighted by Gasteiger charge is 2.03. The summed E-state index contributed by atoms with van der Waals surface area (Å²) < 4.78 is 5.66. The highest BCUT2D eigenvalue weighted by Crippen LogP contribution is 2.19. The average molecular weight is 240 g/mol. The normalized spacial score (nSPS) is 11.6. The first kappa shape index (κ1) is 13.7. The Morgan fingerprint density at radius 3 is 2.56 bits per heavy atom. The number of hydrogen-bond donors (Lipinski definition) is 0. The van der Waals surface area contributed by atoms with Crippen molar-refractivity contribution in [2.45, 2.75) is 47.1 Å². The van der Waals surface area contributed by atoms with Crippen molar-refractivity contribution in [1.29, 1.82) is 0 Å². The molecule has 0 bridgehead atoms. The molecule has 0 fully saturated rings. The second kappa shape index (κ2) is 7.08. The molecule has 0 aromatic carbocycles. The van der Waals surface area contributed by atoms with Crippen LogP contribution < -0.4 is 0 Å².